The molecule has 3 heteroatoms. The van der Waals surface area contributed by atoms with Gasteiger partial charge in [-0.2, -0.15) is 0 Å². The lowest BCUT2D eigenvalue weighted by atomic mass is 9.93. The second-order valence-electron chi connectivity index (χ2n) is 5.49. The first kappa shape index (κ1) is 12.7. The molecule has 0 spiro atoms. The average molecular weight is 226 g/mol. The summed E-state index contributed by atoms with van der Waals surface area (Å²) in [5.74, 6) is 0. The van der Waals surface area contributed by atoms with Crippen molar-refractivity contribution in [1.82, 2.24) is 10.3 Å². The van der Waals surface area contributed by atoms with Gasteiger partial charge in [-0.3, -0.25) is 0 Å². The molecule has 0 radical (unpaired) electrons. The fraction of sp³-hybridized carbons (Fsp3) is 0.750. The van der Waals surface area contributed by atoms with E-state index in [-0.39, 0.29) is 0 Å². The third kappa shape index (κ3) is 5.28. The molecule has 15 heavy (non-hydrogen) atoms. The number of aromatic nitrogens is 1. The lowest BCUT2D eigenvalue weighted by Crippen LogP contribution is -2.21. The van der Waals surface area contributed by atoms with E-state index in [0.29, 0.717) is 11.5 Å². The largest absolute Gasteiger partial charge is 0.310 e. The van der Waals surface area contributed by atoms with Gasteiger partial charge in [0.1, 0.15) is 0 Å². The summed E-state index contributed by atoms with van der Waals surface area (Å²) in [6.07, 6.45) is 3.07. The molecule has 0 aromatic carbocycles. The molecule has 1 aromatic rings. The van der Waals surface area contributed by atoms with E-state index in [0.717, 1.165) is 13.0 Å². The SMILES string of the molecule is CC(C)NCc1cnc(CC(C)(C)C)s1. The average Bonchev–Trinajstić information content (AvgIpc) is 2.45. The number of nitrogens with zero attached hydrogens (tertiary/aromatic N) is 1. The van der Waals surface area contributed by atoms with Gasteiger partial charge in [-0.1, -0.05) is 34.6 Å². The summed E-state index contributed by atoms with van der Waals surface area (Å²) in [4.78, 5) is 5.79. The third-order valence-corrected chi connectivity index (χ3v) is 2.96. The molecule has 0 saturated heterocycles. The van der Waals surface area contributed by atoms with E-state index in [2.05, 4.69) is 44.9 Å². The van der Waals surface area contributed by atoms with E-state index in [1.54, 1.807) is 0 Å². The van der Waals surface area contributed by atoms with Gasteiger partial charge in [-0.05, 0) is 5.41 Å². The molecule has 0 amide bonds. The topological polar surface area (TPSA) is 24.9 Å². The highest BCUT2D eigenvalue weighted by Crippen LogP contribution is 2.23. The second-order valence-corrected chi connectivity index (χ2v) is 6.69. The van der Waals surface area contributed by atoms with Crippen molar-refractivity contribution in [1.29, 1.82) is 0 Å². The molecule has 0 unspecified atom stereocenters. The molecule has 1 aromatic heterocycles. The van der Waals surface area contributed by atoms with Crippen LogP contribution in [0.3, 0.4) is 0 Å². The standard InChI is InChI=1S/C12H22N2S/c1-9(2)13-7-10-8-14-11(15-10)6-12(3,4)5/h8-9,13H,6-7H2,1-5H3. The lowest BCUT2D eigenvalue weighted by Gasteiger charge is -2.15. The molecule has 86 valence electrons. The molecule has 0 saturated carbocycles. The van der Waals surface area contributed by atoms with Gasteiger partial charge in [-0.15, -0.1) is 11.3 Å². The number of hydrogen-bond acceptors (Lipinski definition) is 3. The molecule has 1 rings (SSSR count). The highest BCUT2D eigenvalue weighted by molar-refractivity contribution is 7.11. The first-order valence-electron chi connectivity index (χ1n) is 5.54. The normalized spacial score (nSPS) is 12.4. The molecule has 0 atom stereocenters. The summed E-state index contributed by atoms with van der Waals surface area (Å²) in [6.45, 7) is 12.0. The van der Waals surface area contributed by atoms with Crippen LogP contribution in [0.15, 0.2) is 6.20 Å². The molecule has 2 nitrogen and oxygen atoms in total. The molecule has 1 N–H and O–H groups in total. The van der Waals surface area contributed by atoms with Gasteiger partial charge in [0.05, 0.1) is 5.01 Å². The van der Waals surface area contributed by atoms with Crippen molar-refractivity contribution in [2.45, 2.75) is 53.6 Å². The van der Waals surface area contributed by atoms with Crippen LogP contribution in [-0.2, 0) is 13.0 Å². The molecular formula is C12H22N2S. The van der Waals surface area contributed by atoms with Crippen LogP contribution in [0.1, 0.15) is 44.5 Å². The van der Waals surface area contributed by atoms with E-state index in [1.165, 1.54) is 9.88 Å². The Kier molecular flexibility index (Phi) is 4.29. The Morgan fingerprint density at radius 3 is 2.60 bits per heavy atom. The number of rotatable bonds is 4. The van der Waals surface area contributed by atoms with Gasteiger partial charge < -0.3 is 5.32 Å². The zero-order chi connectivity index (χ0) is 11.5. The predicted octanol–water partition coefficient (Wildman–Crippen LogP) is 3.23. The summed E-state index contributed by atoms with van der Waals surface area (Å²) >= 11 is 1.83. The summed E-state index contributed by atoms with van der Waals surface area (Å²) in [7, 11) is 0. The number of hydrogen-bond donors (Lipinski definition) is 1. The van der Waals surface area contributed by atoms with Crippen molar-refractivity contribution >= 4 is 11.3 Å². The summed E-state index contributed by atoms with van der Waals surface area (Å²) in [5.41, 5.74) is 0.334. The van der Waals surface area contributed by atoms with Crippen molar-refractivity contribution < 1.29 is 0 Å². The lowest BCUT2D eigenvalue weighted by molar-refractivity contribution is 0.410. The minimum atomic E-state index is 0.334. The van der Waals surface area contributed by atoms with Crippen LogP contribution < -0.4 is 5.32 Å². The first-order valence-corrected chi connectivity index (χ1v) is 6.35. The van der Waals surface area contributed by atoms with Crippen LogP contribution in [0.4, 0.5) is 0 Å². The quantitative estimate of drug-likeness (QED) is 0.852. The highest BCUT2D eigenvalue weighted by atomic mass is 32.1. The van der Waals surface area contributed by atoms with Gasteiger partial charge in [-0.25, -0.2) is 4.98 Å². The van der Waals surface area contributed by atoms with Crippen molar-refractivity contribution in [2.24, 2.45) is 5.41 Å². The zero-order valence-electron chi connectivity index (χ0n) is 10.4. The van der Waals surface area contributed by atoms with Crippen LogP contribution in [0.25, 0.3) is 0 Å². The van der Waals surface area contributed by atoms with Gasteiger partial charge >= 0.3 is 0 Å². The Labute approximate surface area is 97.1 Å². The fourth-order valence-electron chi connectivity index (χ4n) is 1.27. The number of thiazole rings is 1. The van der Waals surface area contributed by atoms with Crippen LogP contribution >= 0.6 is 11.3 Å². The molecular weight excluding hydrogens is 204 g/mol. The second kappa shape index (κ2) is 5.08. The molecule has 0 fully saturated rings. The first-order chi connectivity index (χ1) is 6.87. The van der Waals surface area contributed by atoms with E-state index in [9.17, 15) is 0 Å². The van der Waals surface area contributed by atoms with Gasteiger partial charge in [0.15, 0.2) is 0 Å². The number of nitrogens with one attached hydrogen (secondary N) is 1. The Morgan fingerprint density at radius 1 is 1.40 bits per heavy atom. The van der Waals surface area contributed by atoms with Crippen molar-refractivity contribution in [2.75, 3.05) is 0 Å². The Bertz CT molecular complexity index is 297. The van der Waals surface area contributed by atoms with E-state index >= 15 is 0 Å². The van der Waals surface area contributed by atoms with E-state index in [4.69, 9.17) is 0 Å². The zero-order valence-corrected chi connectivity index (χ0v) is 11.2. The third-order valence-electron chi connectivity index (χ3n) is 1.97. The van der Waals surface area contributed by atoms with E-state index < -0.39 is 0 Å². The van der Waals surface area contributed by atoms with E-state index in [1.807, 2.05) is 17.5 Å². The van der Waals surface area contributed by atoms with Gasteiger partial charge in [0.2, 0.25) is 0 Å². The minimum Gasteiger partial charge on any atom is -0.310 e. The summed E-state index contributed by atoms with van der Waals surface area (Å²) in [6, 6.07) is 0.540. The molecule has 0 bridgehead atoms. The van der Waals surface area contributed by atoms with Crippen LogP contribution in [0.5, 0.6) is 0 Å². The van der Waals surface area contributed by atoms with Crippen LogP contribution in [-0.4, -0.2) is 11.0 Å². The predicted molar refractivity (Wildman–Crippen MR) is 67.2 cm³/mol. The molecule has 1 heterocycles. The minimum absolute atomic E-state index is 0.334. The Morgan fingerprint density at radius 2 is 2.07 bits per heavy atom. The van der Waals surface area contributed by atoms with Crippen molar-refractivity contribution in [3.63, 3.8) is 0 Å². The maximum atomic E-state index is 4.46. The summed E-state index contributed by atoms with van der Waals surface area (Å²) < 4.78 is 0. The highest BCUT2D eigenvalue weighted by Gasteiger charge is 2.13. The maximum Gasteiger partial charge on any atom is 0.0933 e. The smallest absolute Gasteiger partial charge is 0.0933 e. The Balaban J connectivity index is 2.49. The van der Waals surface area contributed by atoms with Crippen molar-refractivity contribution in [3.8, 4) is 0 Å². The van der Waals surface area contributed by atoms with Gasteiger partial charge in [0.25, 0.3) is 0 Å². The Hall–Kier alpha value is -0.410. The monoisotopic (exact) mass is 226 g/mol. The fourth-order valence-corrected chi connectivity index (χ4v) is 2.44. The molecule has 0 aliphatic rings. The van der Waals surface area contributed by atoms with Crippen LogP contribution in [0, 0.1) is 5.41 Å². The maximum absolute atomic E-state index is 4.46. The molecule has 0 aliphatic heterocycles. The van der Waals surface area contributed by atoms with Crippen molar-refractivity contribution in [3.05, 3.63) is 16.1 Å². The molecule has 0 aliphatic carbocycles. The van der Waals surface area contributed by atoms with Gasteiger partial charge in [0, 0.05) is 30.1 Å². The summed E-state index contributed by atoms with van der Waals surface area (Å²) in [5, 5.41) is 4.66. The van der Waals surface area contributed by atoms with Crippen LogP contribution in [0.2, 0.25) is 0 Å².